The van der Waals surface area contributed by atoms with Crippen molar-refractivity contribution >= 4 is 0 Å². The van der Waals surface area contributed by atoms with Crippen LogP contribution in [-0.2, 0) is 0 Å². The number of rotatable bonds is 4. The average Bonchev–Trinajstić information content (AvgIpc) is 3.34. The van der Waals surface area contributed by atoms with Crippen LogP contribution in [-0.4, -0.2) is 44.8 Å². The van der Waals surface area contributed by atoms with E-state index in [-0.39, 0.29) is 34.7 Å². The van der Waals surface area contributed by atoms with Gasteiger partial charge in [-0.3, -0.25) is 0 Å². The zero-order valence-corrected chi connectivity index (χ0v) is 22.5. The van der Waals surface area contributed by atoms with Crippen molar-refractivity contribution in [3.05, 3.63) is 11.6 Å². The Morgan fingerprint density at radius 1 is 0.912 bits per heavy atom. The molecular formula is C30H50O4. The standard InChI is InChI=1S/C30H50O4/c1-15(2)17(4)29(6)14-22(29)16(3)20-8-9-21-24-23(32)13-18-12-19(31)10-11-28(18,5)25(24)26(33)27(34)30(20,21)7/h13,15-17,19-27,31-34H,8-12,14H2,1-7H3/t16-,17+,19-,20+,21-,22+,23-,24+,25+,26-,27-,28-,29+,30+/m0/s1. The fourth-order valence-electron chi connectivity index (χ4n) is 10.4. The van der Waals surface area contributed by atoms with Crippen LogP contribution in [0.3, 0.4) is 0 Å². The normalized spacial score (nSPS) is 56.2. The minimum absolute atomic E-state index is 0.0234. The maximum atomic E-state index is 11.8. The molecule has 34 heavy (non-hydrogen) atoms. The van der Waals surface area contributed by atoms with Gasteiger partial charge in [0, 0.05) is 11.3 Å². The zero-order chi connectivity index (χ0) is 25.0. The summed E-state index contributed by atoms with van der Waals surface area (Å²) in [5, 5.41) is 45.3. The van der Waals surface area contributed by atoms with E-state index in [2.05, 4.69) is 48.5 Å². The average molecular weight is 475 g/mol. The van der Waals surface area contributed by atoms with Crippen LogP contribution in [0, 0.1) is 63.6 Å². The van der Waals surface area contributed by atoms with Gasteiger partial charge in [-0.15, -0.1) is 0 Å². The van der Waals surface area contributed by atoms with Crippen molar-refractivity contribution in [1.82, 2.24) is 0 Å². The fourth-order valence-corrected chi connectivity index (χ4v) is 10.4. The molecule has 0 bridgehead atoms. The highest BCUT2D eigenvalue weighted by Crippen LogP contribution is 2.71. The van der Waals surface area contributed by atoms with Gasteiger partial charge < -0.3 is 20.4 Å². The van der Waals surface area contributed by atoms with Gasteiger partial charge in [0.15, 0.2) is 0 Å². The highest BCUT2D eigenvalue weighted by Gasteiger charge is 2.69. The van der Waals surface area contributed by atoms with E-state index < -0.39 is 18.3 Å². The second-order valence-corrected chi connectivity index (χ2v) is 14.4. The lowest BCUT2D eigenvalue weighted by molar-refractivity contribution is -0.218. The summed E-state index contributed by atoms with van der Waals surface area (Å²) >= 11 is 0. The molecule has 0 saturated heterocycles. The van der Waals surface area contributed by atoms with Gasteiger partial charge in [-0.05, 0) is 90.8 Å². The van der Waals surface area contributed by atoms with Crippen LogP contribution in [0.5, 0.6) is 0 Å². The van der Waals surface area contributed by atoms with Gasteiger partial charge in [-0.1, -0.05) is 60.1 Å². The molecule has 5 aliphatic rings. The monoisotopic (exact) mass is 474 g/mol. The lowest BCUT2D eigenvalue weighted by atomic mass is 9.44. The third-order valence-corrected chi connectivity index (χ3v) is 12.9. The van der Waals surface area contributed by atoms with E-state index in [9.17, 15) is 20.4 Å². The summed E-state index contributed by atoms with van der Waals surface area (Å²) in [5.74, 6) is 2.94. The number of hydrogen-bond donors (Lipinski definition) is 4. The summed E-state index contributed by atoms with van der Waals surface area (Å²) in [7, 11) is 0. The molecule has 4 saturated carbocycles. The third kappa shape index (κ3) is 3.23. The molecule has 0 aromatic carbocycles. The number of aliphatic hydroxyl groups is 4. The summed E-state index contributed by atoms with van der Waals surface area (Å²) < 4.78 is 0. The van der Waals surface area contributed by atoms with Crippen LogP contribution in [0.1, 0.15) is 87.0 Å². The summed E-state index contributed by atoms with van der Waals surface area (Å²) in [4.78, 5) is 0. The predicted molar refractivity (Wildman–Crippen MR) is 135 cm³/mol. The molecule has 14 atom stereocenters. The topological polar surface area (TPSA) is 80.9 Å². The van der Waals surface area contributed by atoms with Gasteiger partial charge >= 0.3 is 0 Å². The lowest BCUT2D eigenvalue weighted by Crippen LogP contribution is -2.66. The van der Waals surface area contributed by atoms with E-state index in [4.69, 9.17) is 0 Å². The van der Waals surface area contributed by atoms with Crippen LogP contribution in [0.4, 0.5) is 0 Å². The first-order valence-electron chi connectivity index (χ1n) is 14.2. The van der Waals surface area contributed by atoms with Crippen molar-refractivity contribution in [2.75, 3.05) is 0 Å². The molecule has 5 aliphatic carbocycles. The molecule has 4 nitrogen and oxygen atoms in total. The van der Waals surface area contributed by atoms with Crippen LogP contribution in [0.2, 0.25) is 0 Å². The van der Waals surface area contributed by atoms with Crippen molar-refractivity contribution in [3.63, 3.8) is 0 Å². The summed E-state index contributed by atoms with van der Waals surface area (Å²) in [6.07, 6.45) is 4.94. The van der Waals surface area contributed by atoms with Crippen LogP contribution in [0.15, 0.2) is 11.6 Å². The SMILES string of the molecule is CC(C)[C@@H](C)[C@@]1(C)C[C@@H]1[C@@H](C)[C@H]1CC[C@H]2[C@H]3[C@H]([C@H](O)[C@H](O)[C@]12C)[C@@]1(C)CC[C@H](O)CC1=C[C@@H]3O. The van der Waals surface area contributed by atoms with Crippen molar-refractivity contribution in [2.24, 2.45) is 63.6 Å². The Balaban J connectivity index is 1.46. The Morgan fingerprint density at radius 3 is 2.24 bits per heavy atom. The van der Waals surface area contributed by atoms with Crippen molar-refractivity contribution in [2.45, 2.75) is 111 Å². The van der Waals surface area contributed by atoms with Crippen molar-refractivity contribution in [1.29, 1.82) is 0 Å². The molecular weight excluding hydrogens is 424 g/mol. The van der Waals surface area contributed by atoms with E-state index in [0.29, 0.717) is 41.4 Å². The number of hydrogen-bond acceptors (Lipinski definition) is 4. The zero-order valence-electron chi connectivity index (χ0n) is 22.5. The first kappa shape index (κ1) is 25.2. The van der Waals surface area contributed by atoms with Gasteiger partial charge in [0.1, 0.15) is 0 Å². The van der Waals surface area contributed by atoms with E-state index >= 15 is 0 Å². The second-order valence-electron chi connectivity index (χ2n) is 14.4. The Bertz CT molecular complexity index is 838. The van der Waals surface area contributed by atoms with Gasteiger partial charge in [-0.2, -0.15) is 0 Å². The first-order valence-corrected chi connectivity index (χ1v) is 14.2. The third-order valence-electron chi connectivity index (χ3n) is 12.9. The molecule has 4 N–H and O–H groups in total. The van der Waals surface area contributed by atoms with Gasteiger partial charge in [-0.25, -0.2) is 0 Å². The van der Waals surface area contributed by atoms with E-state index in [1.807, 2.05) is 6.08 Å². The summed E-state index contributed by atoms with van der Waals surface area (Å²) in [6.45, 7) is 16.4. The minimum atomic E-state index is -0.835. The maximum absolute atomic E-state index is 11.8. The fraction of sp³-hybridized carbons (Fsp3) is 0.933. The van der Waals surface area contributed by atoms with Gasteiger partial charge in [0.05, 0.1) is 24.4 Å². The van der Waals surface area contributed by atoms with Crippen LogP contribution < -0.4 is 0 Å². The first-order chi connectivity index (χ1) is 15.8. The van der Waals surface area contributed by atoms with Gasteiger partial charge in [0.2, 0.25) is 0 Å². The molecule has 0 unspecified atom stereocenters. The summed E-state index contributed by atoms with van der Waals surface area (Å²) in [5.41, 5.74) is 0.841. The van der Waals surface area contributed by atoms with E-state index in [1.165, 1.54) is 6.42 Å². The molecule has 0 spiro atoms. The lowest BCUT2D eigenvalue weighted by Gasteiger charge is -2.62. The Hall–Kier alpha value is -0.420. The van der Waals surface area contributed by atoms with Crippen molar-refractivity contribution in [3.8, 4) is 0 Å². The maximum Gasteiger partial charge on any atom is 0.0861 e. The molecule has 4 heteroatoms. The molecule has 0 radical (unpaired) electrons. The van der Waals surface area contributed by atoms with Crippen LogP contribution >= 0.6 is 0 Å². The minimum Gasteiger partial charge on any atom is -0.393 e. The van der Waals surface area contributed by atoms with Crippen molar-refractivity contribution < 1.29 is 20.4 Å². The molecule has 4 fully saturated rings. The second kappa shape index (κ2) is 8.04. The predicted octanol–water partition coefficient (Wildman–Crippen LogP) is 4.79. The highest BCUT2D eigenvalue weighted by molar-refractivity contribution is 5.30. The molecule has 0 aromatic heterocycles. The number of aliphatic hydroxyl groups excluding tert-OH is 4. The molecule has 0 aromatic rings. The number of fused-ring (bicyclic) bond motifs is 5. The molecule has 0 aliphatic heterocycles. The van der Waals surface area contributed by atoms with E-state index in [1.54, 1.807) is 0 Å². The largest absolute Gasteiger partial charge is 0.393 e. The Labute approximate surface area is 207 Å². The quantitative estimate of drug-likeness (QED) is 0.442. The van der Waals surface area contributed by atoms with E-state index in [0.717, 1.165) is 31.3 Å². The van der Waals surface area contributed by atoms with Crippen LogP contribution in [0.25, 0.3) is 0 Å². The Morgan fingerprint density at radius 2 is 1.59 bits per heavy atom. The smallest absolute Gasteiger partial charge is 0.0861 e. The van der Waals surface area contributed by atoms with Gasteiger partial charge in [0.25, 0.3) is 0 Å². The highest BCUT2D eigenvalue weighted by atomic mass is 16.3. The summed E-state index contributed by atoms with van der Waals surface area (Å²) in [6, 6.07) is 0. The molecule has 0 amide bonds. The molecule has 194 valence electrons. The Kier molecular flexibility index (Phi) is 5.97. The molecule has 5 rings (SSSR count). The molecule has 0 heterocycles.